The molecule has 1 fully saturated rings. The molecule has 2 aromatic heterocycles. The van der Waals surface area contributed by atoms with Crippen molar-refractivity contribution >= 4 is 34.0 Å². The van der Waals surface area contributed by atoms with Crippen LogP contribution in [-0.4, -0.2) is 39.3 Å². The third-order valence-corrected chi connectivity index (χ3v) is 5.83. The summed E-state index contributed by atoms with van der Waals surface area (Å²) in [5.74, 6) is -0.889. The van der Waals surface area contributed by atoms with Crippen LogP contribution in [0, 0.1) is 5.82 Å². The molecule has 7 nitrogen and oxygen atoms in total. The Labute approximate surface area is 183 Å². The van der Waals surface area contributed by atoms with Crippen LogP contribution in [0.1, 0.15) is 35.4 Å². The van der Waals surface area contributed by atoms with Gasteiger partial charge in [0.05, 0.1) is 17.9 Å². The molecule has 1 unspecified atom stereocenters. The minimum atomic E-state index is -0.547. The second-order valence-electron chi connectivity index (χ2n) is 7.19. The van der Waals surface area contributed by atoms with Crippen LogP contribution in [0.2, 0.25) is 0 Å². The van der Waals surface area contributed by atoms with Crippen LogP contribution in [0.15, 0.2) is 54.0 Å². The fourth-order valence-corrected chi connectivity index (χ4v) is 4.20. The van der Waals surface area contributed by atoms with Gasteiger partial charge in [-0.05, 0) is 43.5 Å². The minimum Gasteiger partial charge on any atom is -0.349 e. The SMILES string of the molecule is O=C(NCc1ccccn1)C1CCCCN1C(=O)c1csc(Nc2ccccc2F)n1. The number of pyridine rings is 1. The van der Waals surface area contributed by atoms with E-state index < -0.39 is 11.9 Å². The standard InChI is InChI=1S/C22H22FN5O2S/c23-16-8-1-2-9-17(16)26-22-27-18(14-31-22)21(30)28-12-6-4-10-19(28)20(29)25-13-15-7-3-5-11-24-15/h1-3,5,7-9,11,14,19H,4,6,10,12-13H2,(H,25,29)(H,26,27). The maximum absolute atomic E-state index is 13.9. The first-order chi connectivity index (χ1) is 15.1. The van der Waals surface area contributed by atoms with Crippen LogP contribution in [-0.2, 0) is 11.3 Å². The van der Waals surface area contributed by atoms with E-state index in [0.717, 1.165) is 18.5 Å². The van der Waals surface area contributed by atoms with E-state index in [1.165, 1.54) is 17.4 Å². The van der Waals surface area contributed by atoms with Crippen LogP contribution in [0.25, 0.3) is 0 Å². The van der Waals surface area contributed by atoms with Crippen molar-refractivity contribution in [1.82, 2.24) is 20.2 Å². The Morgan fingerprint density at radius 2 is 2.00 bits per heavy atom. The molecule has 3 heterocycles. The van der Waals surface area contributed by atoms with Crippen molar-refractivity contribution in [1.29, 1.82) is 0 Å². The maximum atomic E-state index is 13.9. The molecule has 9 heteroatoms. The average Bonchev–Trinajstić information content (AvgIpc) is 3.28. The van der Waals surface area contributed by atoms with E-state index in [2.05, 4.69) is 20.6 Å². The summed E-state index contributed by atoms with van der Waals surface area (Å²) < 4.78 is 13.9. The van der Waals surface area contributed by atoms with Crippen molar-refractivity contribution in [2.75, 3.05) is 11.9 Å². The van der Waals surface area contributed by atoms with E-state index in [1.54, 1.807) is 34.7 Å². The lowest BCUT2D eigenvalue weighted by atomic mass is 10.0. The molecule has 1 aliphatic rings. The number of aromatic nitrogens is 2. The van der Waals surface area contributed by atoms with Crippen LogP contribution in [0.4, 0.5) is 15.2 Å². The number of anilines is 2. The molecule has 1 atom stereocenters. The van der Waals surface area contributed by atoms with Crippen LogP contribution >= 0.6 is 11.3 Å². The first kappa shape index (κ1) is 20.9. The Hall–Kier alpha value is -3.33. The topological polar surface area (TPSA) is 87.2 Å². The van der Waals surface area contributed by atoms with Crippen LogP contribution < -0.4 is 10.6 Å². The van der Waals surface area contributed by atoms with Gasteiger partial charge >= 0.3 is 0 Å². The molecular formula is C22H22FN5O2S. The average molecular weight is 440 g/mol. The van der Waals surface area contributed by atoms with Crippen molar-refractivity contribution in [2.45, 2.75) is 31.8 Å². The highest BCUT2D eigenvalue weighted by molar-refractivity contribution is 7.14. The number of thiazole rings is 1. The van der Waals surface area contributed by atoms with Gasteiger partial charge in [0, 0.05) is 18.1 Å². The van der Waals surface area contributed by atoms with Crippen molar-refractivity contribution in [3.05, 3.63) is 71.2 Å². The highest BCUT2D eigenvalue weighted by atomic mass is 32.1. The molecule has 2 amide bonds. The molecular weight excluding hydrogens is 417 g/mol. The van der Waals surface area contributed by atoms with Crippen molar-refractivity contribution in [2.24, 2.45) is 0 Å². The Morgan fingerprint density at radius 1 is 1.16 bits per heavy atom. The summed E-state index contributed by atoms with van der Waals surface area (Å²) in [7, 11) is 0. The number of para-hydroxylation sites is 1. The fourth-order valence-electron chi connectivity index (χ4n) is 3.50. The molecule has 1 aliphatic heterocycles. The van der Waals surface area contributed by atoms with Gasteiger partial charge in [0.25, 0.3) is 5.91 Å². The molecule has 0 radical (unpaired) electrons. The number of rotatable bonds is 6. The number of carbonyl (C=O) groups excluding carboxylic acids is 2. The third kappa shape index (κ3) is 5.05. The van der Waals surface area contributed by atoms with Crippen molar-refractivity contribution in [3.8, 4) is 0 Å². The van der Waals surface area contributed by atoms with Crippen LogP contribution in [0.3, 0.4) is 0 Å². The minimum absolute atomic E-state index is 0.196. The zero-order valence-corrected chi connectivity index (χ0v) is 17.6. The quantitative estimate of drug-likeness (QED) is 0.611. The number of halogens is 1. The molecule has 4 rings (SSSR count). The monoisotopic (exact) mass is 439 g/mol. The van der Waals surface area contributed by atoms with E-state index in [4.69, 9.17) is 0 Å². The Kier molecular flexibility index (Phi) is 6.51. The summed E-state index contributed by atoms with van der Waals surface area (Å²) in [4.78, 5) is 36.0. The number of nitrogens with one attached hydrogen (secondary N) is 2. The van der Waals surface area contributed by atoms with E-state index >= 15 is 0 Å². The maximum Gasteiger partial charge on any atom is 0.274 e. The largest absolute Gasteiger partial charge is 0.349 e. The second kappa shape index (κ2) is 9.65. The van der Waals surface area contributed by atoms with Crippen LogP contribution in [0.5, 0.6) is 0 Å². The number of likely N-dealkylation sites (tertiary alicyclic amines) is 1. The summed E-state index contributed by atoms with van der Waals surface area (Å²) >= 11 is 1.22. The Balaban J connectivity index is 1.43. The summed E-state index contributed by atoms with van der Waals surface area (Å²) in [5.41, 5.74) is 1.29. The molecule has 0 saturated carbocycles. The third-order valence-electron chi connectivity index (χ3n) is 5.07. The van der Waals surface area contributed by atoms with E-state index in [1.807, 2.05) is 18.2 Å². The van der Waals surface area contributed by atoms with Gasteiger partial charge in [0.2, 0.25) is 5.91 Å². The number of hydrogen-bond donors (Lipinski definition) is 2. The van der Waals surface area contributed by atoms with Gasteiger partial charge in [-0.15, -0.1) is 11.3 Å². The Bertz CT molecular complexity index is 1060. The first-order valence-electron chi connectivity index (χ1n) is 10.1. The van der Waals surface area contributed by atoms with Gasteiger partial charge in [0.1, 0.15) is 17.6 Å². The predicted octanol–water partition coefficient (Wildman–Crippen LogP) is 3.73. The predicted molar refractivity (Wildman–Crippen MR) is 117 cm³/mol. The molecule has 31 heavy (non-hydrogen) atoms. The molecule has 160 valence electrons. The first-order valence-corrected chi connectivity index (χ1v) is 11.0. The second-order valence-corrected chi connectivity index (χ2v) is 8.05. The zero-order chi connectivity index (χ0) is 21.6. The zero-order valence-electron chi connectivity index (χ0n) is 16.8. The van der Waals surface area contributed by atoms with Gasteiger partial charge in [-0.2, -0.15) is 0 Å². The smallest absolute Gasteiger partial charge is 0.274 e. The Morgan fingerprint density at radius 3 is 2.81 bits per heavy atom. The number of benzene rings is 1. The molecule has 1 aromatic carbocycles. The van der Waals surface area contributed by atoms with Crippen molar-refractivity contribution < 1.29 is 14.0 Å². The lowest BCUT2D eigenvalue weighted by Crippen LogP contribution is -2.51. The molecule has 3 aromatic rings. The van der Waals surface area contributed by atoms with Gasteiger partial charge < -0.3 is 15.5 Å². The van der Waals surface area contributed by atoms with Gasteiger partial charge in [-0.25, -0.2) is 9.37 Å². The lowest BCUT2D eigenvalue weighted by molar-refractivity contribution is -0.126. The number of amides is 2. The molecule has 0 aliphatic carbocycles. The van der Waals surface area contributed by atoms with Gasteiger partial charge in [-0.3, -0.25) is 14.6 Å². The van der Waals surface area contributed by atoms with Gasteiger partial charge in [0.15, 0.2) is 5.13 Å². The normalized spacial score (nSPS) is 16.0. The lowest BCUT2D eigenvalue weighted by Gasteiger charge is -2.34. The van der Waals surface area contributed by atoms with E-state index in [9.17, 15) is 14.0 Å². The summed E-state index contributed by atoms with van der Waals surface area (Å²) in [6, 6.07) is 11.2. The summed E-state index contributed by atoms with van der Waals surface area (Å²) in [6.07, 6.45) is 3.99. The number of nitrogens with zero attached hydrogens (tertiary/aromatic N) is 3. The number of carbonyl (C=O) groups is 2. The summed E-state index contributed by atoms with van der Waals surface area (Å²) in [5, 5.41) is 7.83. The van der Waals surface area contributed by atoms with E-state index in [-0.39, 0.29) is 17.5 Å². The molecule has 2 N–H and O–H groups in total. The molecule has 1 saturated heterocycles. The van der Waals surface area contributed by atoms with E-state index in [0.29, 0.717) is 30.3 Å². The van der Waals surface area contributed by atoms with Gasteiger partial charge in [-0.1, -0.05) is 18.2 Å². The molecule has 0 spiro atoms. The highest BCUT2D eigenvalue weighted by Crippen LogP contribution is 2.25. The fraction of sp³-hybridized carbons (Fsp3) is 0.273. The molecule has 0 bridgehead atoms. The number of hydrogen-bond acceptors (Lipinski definition) is 6. The summed E-state index contributed by atoms with van der Waals surface area (Å²) in [6.45, 7) is 0.805. The number of piperidine rings is 1. The highest BCUT2D eigenvalue weighted by Gasteiger charge is 2.33. The van der Waals surface area contributed by atoms with Crippen molar-refractivity contribution in [3.63, 3.8) is 0 Å².